The van der Waals surface area contributed by atoms with E-state index in [1.54, 1.807) is 0 Å². The van der Waals surface area contributed by atoms with E-state index in [2.05, 4.69) is 0 Å². The number of carbonyl (C=O) groups excluding carboxylic acids is 1. The van der Waals surface area contributed by atoms with Gasteiger partial charge in [0, 0.05) is 5.97 Å². The van der Waals surface area contributed by atoms with E-state index in [1.165, 1.54) is 12.8 Å². The van der Waals surface area contributed by atoms with Gasteiger partial charge in [-0.3, -0.25) is 0 Å². The lowest BCUT2D eigenvalue weighted by molar-refractivity contribution is -0.306. The van der Waals surface area contributed by atoms with Crippen LogP contribution in [0, 0.1) is 5.92 Å². The molecule has 0 aliphatic heterocycles. The van der Waals surface area contributed by atoms with E-state index in [-0.39, 0.29) is 6.42 Å². The van der Waals surface area contributed by atoms with Crippen LogP contribution < -0.4 is 5.11 Å². The van der Waals surface area contributed by atoms with Gasteiger partial charge in [0.05, 0.1) is 0 Å². The van der Waals surface area contributed by atoms with Crippen molar-refractivity contribution in [3.63, 3.8) is 0 Å². The van der Waals surface area contributed by atoms with Gasteiger partial charge in [0.1, 0.15) is 0 Å². The number of rotatable bonds is 2. The van der Waals surface area contributed by atoms with E-state index in [0.29, 0.717) is 5.92 Å². The van der Waals surface area contributed by atoms with Gasteiger partial charge in [-0.25, -0.2) is 0 Å². The summed E-state index contributed by atoms with van der Waals surface area (Å²) < 4.78 is 0. The minimum absolute atomic E-state index is 0.278. The zero-order valence-electron chi connectivity index (χ0n) is 5.43. The predicted molar refractivity (Wildman–Crippen MR) is 31.6 cm³/mol. The van der Waals surface area contributed by atoms with Gasteiger partial charge >= 0.3 is 0 Å². The Morgan fingerprint density at radius 1 is 1.44 bits per heavy atom. The standard InChI is InChI=1S/C7H12O2/c8-7(9)5-6-3-1-2-4-6/h6H,1-5H2,(H,8,9)/p-1. The molecule has 1 fully saturated rings. The largest absolute Gasteiger partial charge is 0.550 e. The molecule has 0 unspecified atom stereocenters. The minimum atomic E-state index is -0.887. The van der Waals surface area contributed by atoms with Gasteiger partial charge in [0.15, 0.2) is 0 Å². The molecule has 0 N–H and O–H groups in total. The topological polar surface area (TPSA) is 40.1 Å². The van der Waals surface area contributed by atoms with Crippen molar-refractivity contribution in [1.82, 2.24) is 0 Å². The zero-order valence-corrected chi connectivity index (χ0v) is 5.43. The Morgan fingerprint density at radius 3 is 2.44 bits per heavy atom. The highest BCUT2D eigenvalue weighted by atomic mass is 16.4. The predicted octanol–water partition coefficient (Wildman–Crippen LogP) is 0.317. The van der Waals surface area contributed by atoms with Gasteiger partial charge in [-0.1, -0.05) is 25.7 Å². The van der Waals surface area contributed by atoms with Crippen LogP contribution in [0.2, 0.25) is 0 Å². The molecule has 0 heterocycles. The van der Waals surface area contributed by atoms with Crippen molar-refractivity contribution in [2.45, 2.75) is 32.1 Å². The summed E-state index contributed by atoms with van der Waals surface area (Å²) >= 11 is 0. The molecule has 0 aromatic heterocycles. The maximum atomic E-state index is 10.0. The first-order chi connectivity index (χ1) is 4.29. The molecule has 0 amide bonds. The summed E-state index contributed by atoms with van der Waals surface area (Å²) in [6.45, 7) is 0. The van der Waals surface area contributed by atoms with Crippen LogP contribution in [-0.4, -0.2) is 5.97 Å². The average molecular weight is 127 g/mol. The molecule has 2 heteroatoms. The summed E-state index contributed by atoms with van der Waals surface area (Å²) in [7, 11) is 0. The van der Waals surface area contributed by atoms with Gasteiger partial charge in [0.2, 0.25) is 0 Å². The van der Waals surface area contributed by atoms with Crippen molar-refractivity contribution < 1.29 is 9.90 Å². The molecule has 0 radical (unpaired) electrons. The highest BCUT2D eigenvalue weighted by Crippen LogP contribution is 2.26. The Labute approximate surface area is 54.9 Å². The van der Waals surface area contributed by atoms with E-state index in [9.17, 15) is 9.90 Å². The normalized spacial score (nSPS) is 20.4. The summed E-state index contributed by atoms with van der Waals surface area (Å²) in [5.74, 6) is -0.461. The molecule has 0 spiro atoms. The van der Waals surface area contributed by atoms with Crippen molar-refractivity contribution in [2.75, 3.05) is 0 Å². The molecule has 0 aromatic carbocycles. The summed E-state index contributed by atoms with van der Waals surface area (Å²) in [6.07, 6.45) is 4.87. The Balaban J connectivity index is 2.19. The fourth-order valence-electron chi connectivity index (χ4n) is 1.45. The molecule has 0 atom stereocenters. The molecule has 1 aliphatic carbocycles. The van der Waals surface area contributed by atoms with Gasteiger partial charge in [0.25, 0.3) is 0 Å². The molecule has 0 aromatic rings. The number of hydrogen-bond acceptors (Lipinski definition) is 2. The van der Waals surface area contributed by atoms with Crippen LogP contribution >= 0.6 is 0 Å². The SMILES string of the molecule is O=C([O-])CC1CCCC1. The third-order valence-corrected chi connectivity index (χ3v) is 1.93. The number of carboxylic acids is 1. The van der Waals surface area contributed by atoms with Crippen LogP contribution in [0.25, 0.3) is 0 Å². The van der Waals surface area contributed by atoms with Crippen molar-refractivity contribution in [2.24, 2.45) is 5.92 Å². The van der Waals surface area contributed by atoms with Crippen LogP contribution in [0.3, 0.4) is 0 Å². The quantitative estimate of drug-likeness (QED) is 0.535. The lowest BCUT2D eigenvalue weighted by Gasteiger charge is -2.07. The highest BCUT2D eigenvalue weighted by Gasteiger charge is 2.14. The second-order valence-corrected chi connectivity index (χ2v) is 2.73. The first kappa shape index (κ1) is 6.59. The third kappa shape index (κ3) is 2.04. The lowest BCUT2D eigenvalue weighted by atomic mass is 10.1. The molecule has 1 aliphatic rings. The van der Waals surface area contributed by atoms with Crippen molar-refractivity contribution in [3.8, 4) is 0 Å². The Bertz CT molecular complexity index is 103. The molecule has 52 valence electrons. The Morgan fingerprint density at radius 2 is 2.00 bits per heavy atom. The fourth-order valence-corrected chi connectivity index (χ4v) is 1.45. The van der Waals surface area contributed by atoms with E-state index in [0.717, 1.165) is 12.8 Å². The molecule has 0 bridgehead atoms. The maximum Gasteiger partial charge on any atom is 0.0417 e. The second kappa shape index (κ2) is 2.85. The molecular formula is C7H11O2-. The summed E-state index contributed by atoms with van der Waals surface area (Å²) in [6, 6.07) is 0. The number of aliphatic carboxylic acids is 1. The summed E-state index contributed by atoms with van der Waals surface area (Å²) in [5.41, 5.74) is 0. The minimum Gasteiger partial charge on any atom is -0.550 e. The van der Waals surface area contributed by atoms with Gasteiger partial charge in [-0.2, -0.15) is 0 Å². The molecular weight excluding hydrogens is 116 g/mol. The summed E-state index contributed by atoms with van der Waals surface area (Å²) in [4.78, 5) is 10.0. The second-order valence-electron chi connectivity index (χ2n) is 2.73. The molecule has 9 heavy (non-hydrogen) atoms. The van der Waals surface area contributed by atoms with Crippen LogP contribution in [0.1, 0.15) is 32.1 Å². The van der Waals surface area contributed by atoms with Crippen molar-refractivity contribution >= 4 is 5.97 Å². The van der Waals surface area contributed by atoms with Gasteiger partial charge < -0.3 is 9.90 Å². The first-order valence-electron chi connectivity index (χ1n) is 3.49. The number of hydrogen-bond donors (Lipinski definition) is 0. The zero-order chi connectivity index (χ0) is 6.69. The molecule has 1 saturated carbocycles. The lowest BCUT2D eigenvalue weighted by Crippen LogP contribution is -2.24. The highest BCUT2D eigenvalue weighted by molar-refractivity contribution is 5.64. The van der Waals surface area contributed by atoms with E-state index >= 15 is 0 Å². The van der Waals surface area contributed by atoms with Crippen molar-refractivity contribution in [3.05, 3.63) is 0 Å². The molecule has 2 nitrogen and oxygen atoms in total. The van der Waals surface area contributed by atoms with E-state index < -0.39 is 5.97 Å². The van der Waals surface area contributed by atoms with Gasteiger partial charge in [-0.05, 0) is 12.3 Å². The average Bonchev–Trinajstić information content (AvgIpc) is 2.15. The maximum absolute atomic E-state index is 10.0. The van der Waals surface area contributed by atoms with E-state index in [4.69, 9.17) is 0 Å². The molecule has 0 saturated heterocycles. The van der Waals surface area contributed by atoms with Gasteiger partial charge in [-0.15, -0.1) is 0 Å². The molecule has 1 rings (SSSR count). The first-order valence-corrected chi connectivity index (χ1v) is 3.49. The van der Waals surface area contributed by atoms with Crippen LogP contribution in [0.4, 0.5) is 0 Å². The Hall–Kier alpha value is -0.530. The third-order valence-electron chi connectivity index (χ3n) is 1.93. The Kier molecular flexibility index (Phi) is 2.09. The smallest absolute Gasteiger partial charge is 0.0417 e. The monoisotopic (exact) mass is 127 g/mol. The fraction of sp³-hybridized carbons (Fsp3) is 0.857. The van der Waals surface area contributed by atoms with Crippen molar-refractivity contribution in [1.29, 1.82) is 0 Å². The number of carboxylic acid groups (broad SMARTS) is 1. The van der Waals surface area contributed by atoms with Crippen LogP contribution in [-0.2, 0) is 4.79 Å². The van der Waals surface area contributed by atoms with E-state index in [1.807, 2.05) is 0 Å². The number of carbonyl (C=O) groups is 1. The van der Waals surface area contributed by atoms with Crippen LogP contribution in [0.5, 0.6) is 0 Å². The van der Waals surface area contributed by atoms with Crippen LogP contribution in [0.15, 0.2) is 0 Å². The summed E-state index contributed by atoms with van der Waals surface area (Å²) in [5, 5.41) is 10.0.